The Kier molecular flexibility index (Phi) is 5.27. The topological polar surface area (TPSA) is 0 Å². The van der Waals surface area contributed by atoms with Crippen molar-refractivity contribution in [3.63, 3.8) is 0 Å². The van der Waals surface area contributed by atoms with Crippen LogP contribution in [0.3, 0.4) is 0 Å². The summed E-state index contributed by atoms with van der Waals surface area (Å²) in [6, 6.07) is 19.8. The Morgan fingerprint density at radius 3 is 1.92 bits per heavy atom. The predicted octanol–water partition coefficient (Wildman–Crippen LogP) is 7.26. The molecule has 3 rings (SSSR count). The van der Waals surface area contributed by atoms with E-state index < -0.39 is 0 Å². The minimum Gasteiger partial charge on any atom is -0.0722 e. The fourth-order valence-electron chi connectivity index (χ4n) is 4.21. The molecule has 0 spiro atoms. The van der Waals surface area contributed by atoms with Crippen molar-refractivity contribution in [2.75, 3.05) is 0 Å². The third-order valence-corrected chi connectivity index (χ3v) is 8.37. The molecule has 0 unspecified atom stereocenters. The largest absolute Gasteiger partial charge is 0.0722 e. The van der Waals surface area contributed by atoms with Gasteiger partial charge in [0.05, 0.1) is 0 Å². The summed E-state index contributed by atoms with van der Waals surface area (Å²) < 4.78 is 0. The zero-order chi connectivity index (χ0) is 18.9. The van der Waals surface area contributed by atoms with Gasteiger partial charge >= 0.3 is 0 Å². The van der Waals surface area contributed by atoms with E-state index in [2.05, 4.69) is 108 Å². The molecule has 26 heavy (non-hydrogen) atoms. The molecule has 1 aliphatic carbocycles. The molecule has 0 fully saturated rings. The predicted molar refractivity (Wildman–Crippen MR) is 120 cm³/mol. The Morgan fingerprint density at radius 2 is 1.31 bits per heavy atom. The maximum atomic E-state index is 2.40. The standard InChI is InChI=1S/C25H31P/c1-24(2,3)26(25(4,5)6)23-15-11-10-14-22(23)21-17-16-20(18-21)19-12-8-7-9-13-19/h7-16,18H,17H2,1-6H3. The summed E-state index contributed by atoms with van der Waals surface area (Å²) >= 11 is 0. The molecule has 2 aromatic carbocycles. The number of hydrogen-bond donors (Lipinski definition) is 0. The van der Waals surface area contributed by atoms with Gasteiger partial charge in [0, 0.05) is 0 Å². The monoisotopic (exact) mass is 362 g/mol. The fourth-order valence-corrected chi connectivity index (χ4v) is 8.37. The van der Waals surface area contributed by atoms with Crippen molar-refractivity contribution in [1.82, 2.24) is 0 Å². The summed E-state index contributed by atoms with van der Waals surface area (Å²) in [5.74, 6) is 0. The first-order valence-corrected chi connectivity index (χ1v) is 10.9. The minimum absolute atomic E-state index is 0.276. The Morgan fingerprint density at radius 1 is 0.731 bits per heavy atom. The normalized spacial score (nSPS) is 15.2. The van der Waals surface area contributed by atoms with Gasteiger partial charge in [-0.05, 0) is 44.3 Å². The van der Waals surface area contributed by atoms with Crippen LogP contribution in [0.2, 0.25) is 0 Å². The van der Waals surface area contributed by atoms with E-state index in [1.165, 1.54) is 22.3 Å². The van der Waals surface area contributed by atoms with Crippen LogP contribution in [0.1, 0.15) is 59.1 Å². The quantitative estimate of drug-likeness (QED) is 0.504. The highest BCUT2D eigenvalue weighted by Gasteiger charge is 2.37. The Labute approximate surface area is 160 Å². The summed E-state index contributed by atoms with van der Waals surface area (Å²) in [5, 5.41) is 2.10. The van der Waals surface area contributed by atoms with Crippen molar-refractivity contribution >= 4 is 24.4 Å². The first kappa shape index (κ1) is 19.1. The van der Waals surface area contributed by atoms with Gasteiger partial charge in [-0.3, -0.25) is 0 Å². The van der Waals surface area contributed by atoms with Gasteiger partial charge in [-0.1, -0.05) is 116 Å². The average Bonchev–Trinajstić information content (AvgIpc) is 3.03. The molecule has 0 radical (unpaired) electrons. The highest BCUT2D eigenvalue weighted by Crippen LogP contribution is 2.59. The van der Waals surface area contributed by atoms with Crippen LogP contribution in [0.5, 0.6) is 0 Å². The molecular weight excluding hydrogens is 331 g/mol. The molecule has 0 N–H and O–H groups in total. The van der Waals surface area contributed by atoms with Crippen molar-refractivity contribution in [1.29, 1.82) is 0 Å². The Hall–Kier alpha value is -1.65. The SMILES string of the molecule is CC(C)(C)P(c1ccccc1C1=CC(c2ccccc2)=CC1)C(C)(C)C. The minimum atomic E-state index is -0.307. The van der Waals surface area contributed by atoms with Gasteiger partial charge in [0.2, 0.25) is 0 Å². The Balaban J connectivity index is 2.04. The molecule has 0 amide bonds. The van der Waals surface area contributed by atoms with E-state index in [-0.39, 0.29) is 18.2 Å². The van der Waals surface area contributed by atoms with Crippen molar-refractivity contribution in [3.05, 3.63) is 77.9 Å². The fraction of sp³-hybridized carbons (Fsp3) is 0.360. The molecule has 0 aliphatic heterocycles. The third kappa shape index (κ3) is 4.02. The number of rotatable bonds is 3. The highest BCUT2D eigenvalue weighted by atomic mass is 31.1. The zero-order valence-corrected chi connectivity index (χ0v) is 17.9. The molecule has 2 aromatic rings. The summed E-state index contributed by atoms with van der Waals surface area (Å²) in [6.45, 7) is 14.4. The maximum Gasteiger partial charge on any atom is -0.00818 e. The second-order valence-electron chi connectivity index (χ2n) is 9.09. The number of benzene rings is 2. The van der Waals surface area contributed by atoms with Crippen molar-refractivity contribution in [2.45, 2.75) is 58.3 Å². The van der Waals surface area contributed by atoms with Gasteiger partial charge in [-0.25, -0.2) is 0 Å². The maximum absolute atomic E-state index is 2.40. The van der Waals surface area contributed by atoms with Crippen molar-refractivity contribution < 1.29 is 0 Å². The third-order valence-electron chi connectivity index (χ3n) is 4.81. The summed E-state index contributed by atoms with van der Waals surface area (Å²) in [5.41, 5.74) is 5.58. The molecule has 0 heterocycles. The lowest BCUT2D eigenvalue weighted by atomic mass is 10.0. The first-order chi connectivity index (χ1) is 12.2. The van der Waals surface area contributed by atoms with E-state index in [4.69, 9.17) is 0 Å². The number of hydrogen-bond acceptors (Lipinski definition) is 0. The van der Waals surface area contributed by atoms with Crippen LogP contribution in [0.25, 0.3) is 11.1 Å². The van der Waals surface area contributed by atoms with Crippen LogP contribution in [0.4, 0.5) is 0 Å². The van der Waals surface area contributed by atoms with E-state index >= 15 is 0 Å². The molecule has 0 atom stereocenters. The van der Waals surface area contributed by atoms with Crippen LogP contribution in [-0.4, -0.2) is 10.3 Å². The van der Waals surface area contributed by atoms with Crippen molar-refractivity contribution in [3.8, 4) is 0 Å². The van der Waals surface area contributed by atoms with Gasteiger partial charge in [0.1, 0.15) is 0 Å². The molecule has 136 valence electrons. The molecule has 0 saturated carbocycles. The van der Waals surface area contributed by atoms with Crippen LogP contribution < -0.4 is 5.30 Å². The van der Waals surface area contributed by atoms with Gasteiger partial charge in [0.15, 0.2) is 0 Å². The van der Waals surface area contributed by atoms with E-state index in [0.717, 1.165) is 6.42 Å². The van der Waals surface area contributed by atoms with Crippen LogP contribution in [0, 0.1) is 0 Å². The second kappa shape index (κ2) is 7.16. The van der Waals surface area contributed by atoms with Gasteiger partial charge in [0.25, 0.3) is 0 Å². The van der Waals surface area contributed by atoms with Crippen LogP contribution in [0.15, 0.2) is 66.7 Å². The van der Waals surface area contributed by atoms with Crippen molar-refractivity contribution in [2.24, 2.45) is 0 Å². The molecule has 0 aromatic heterocycles. The van der Waals surface area contributed by atoms with Gasteiger partial charge in [-0.2, -0.15) is 0 Å². The van der Waals surface area contributed by atoms with Crippen LogP contribution >= 0.6 is 7.92 Å². The summed E-state index contributed by atoms with van der Waals surface area (Å²) in [6.07, 6.45) is 5.80. The molecule has 0 bridgehead atoms. The number of allylic oxidation sites excluding steroid dienone is 4. The van der Waals surface area contributed by atoms with E-state index in [1.54, 1.807) is 5.30 Å². The molecule has 1 aliphatic rings. The molecule has 1 heteroatoms. The smallest absolute Gasteiger partial charge is 0.00818 e. The summed E-state index contributed by atoms with van der Waals surface area (Å²) in [7, 11) is -0.307. The second-order valence-corrected chi connectivity index (χ2v) is 12.9. The lowest BCUT2D eigenvalue weighted by molar-refractivity contribution is 0.714. The average molecular weight is 362 g/mol. The first-order valence-electron chi connectivity index (χ1n) is 9.54. The Bertz CT molecular complexity index is 812. The van der Waals surface area contributed by atoms with E-state index in [1.807, 2.05) is 0 Å². The van der Waals surface area contributed by atoms with E-state index in [0.29, 0.717) is 0 Å². The van der Waals surface area contributed by atoms with Crippen LogP contribution in [-0.2, 0) is 0 Å². The lowest BCUT2D eigenvalue weighted by Gasteiger charge is -2.42. The van der Waals surface area contributed by atoms with Gasteiger partial charge in [-0.15, -0.1) is 0 Å². The van der Waals surface area contributed by atoms with Gasteiger partial charge < -0.3 is 0 Å². The van der Waals surface area contributed by atoms with E-state index in [9.17, 15) is 0 Å². The lowest BCUT2D eigenvalue weighted by Crippen LogP contribution is -2.32. The molecule has 0 saturated heterocycles. The molecular formula is C25H31P. The highest BCUT2D eigenvalue weighted by molar-refractivity contribution is 7.68. The summed E-state index contributed by atoms with van der Waals surface area (Å²) in [4.78, 5) is 0. The molecule has 0 nitrogen and oxygen atoms in total. The zero-order valence-electron chi connectivity index (χ0n) is 17.0.